The highest BCUT2D eigenvalue weighted by atomic mass is 16.5. The van der Waals surface area contributed by atoms with Crippen LogP contribution < -0.4 is 10.1 Å². The molecule has 1 unspecified atom stereocenters. The fraction of sp³-hybridized carbons (Fsp3) is 0.273. The Labute approximate surface area is 159 Å². The summed E-state index contributed by atoms with van der Waals surface area (Å²) in [5.41, 5.74) is 2.13. The molecule has 3 rings (SSSR count). The number of carbonyl (C=O) groups is 1. The Morgan fingerprint density at radius 1 is 1.19 bits per heavy atom. The van der Waals surface area contributed by atoms with E-state index in [1.807, 2.05) is 49.4 Å². The van der Waals surface area contributed by atoms with Gasteiger partial charge in [0.1, 0.15) is 5.75 Å². The van der Waals surface area contributed by atoms with Crippen LogP contribution in [0.3, 0.4) is 0 Å². The van der Waals surface area contributed by atoms with Gasteiger partial charge in [-0.1, -0.05) is 25.5 Å². The van der Waals surface area contributed by atoms with Crippen molar-refractivity contribution in [3.05, 3.63) is 60.3 Å². The molecule has 0 fully saturated rings. The molecule has 0 radical (unpaired) electrons. The van der Waals surface area contributed by atoms with Crippen molar-refractivity contribution in [2.24, 2.45) is 0 Å². The largest absolute Gasteiger partial charge is 0.497 e. The van der Waals surface area contributed by atoms with Gasteiger partial charge < -0.3 is 14.5 Å². The maximum absolute atomic E-state index is 12.7. The third kappa shape index (κ3) is 4.37. The zero-order chi connectivity index (χ0) is 19.2. The Bertz CT molecular complexity index is 900. The number of rotatable bonds is 7. The Morgan fingerprint density at radius 2 is 1.93 bits per heavy atom. The van der Waals surface area contributed by atoms with E-state index < -0.39 is 0 Å². The van der Waals surface area contributed by atoms with E-state index in [1.165, 1.54) is 0 Å². The molecule has 140 valence electrons. The highest BCUT2D eigenvalue weighted by Crippen LogP contribution is 2.29. The molecule has 1 N–H and O–H groups in total. The van der Waals surface area contributed by atoms with Crippen molar-refractivity contribution in [2.45, 2.75) is 32.7 Å². The van der Waals surface area contributed by atoms with Gasteiger partial charge in [-0.3, -0.25) is 4.79 Å². The van der Waals surface area contributed by atoms with Crippen LogP contribution in [-0.4, -0.2) is 24.0 Å². The van der Waals surface area contributed by atoms with Crippen LogP contribution in [0.4, 0.5) is 0 Å². The minimum atomic E-state index is -0.115. The van der Waals surface area contributed by atoms with Crippen LogP contribution in [0.25, 0.3) is 22.8 Å². The number of nitrogens with one attached hydrogen (secondary N) is 1. The summed E-state index contributed by atoms with van der Waals surface area (Å²) in [6.07, 6.45) is 3.63. The van der Waals surface area contributed by atoms with E-state index in [1.54, 1.807) is 19.4 Å². The Balaban J connectivity index is 1.87. The average Bonchev–Trinajstić information content (AvgIpc) is 3.18. The summed E-state index contributed by atoms with van der Waals surface area (Å²) in [5.74, 6) is 1.73. The number of hydrogen-bond acceptors (Lipinski definition) is 4. The van der Waals surface area contributed by atoms with Crippen molar-refractivity contribution in [2.75, 3.05) is 7.11 Å². The van der Waals surface area contributed by atoms with Gasteiger partial charge in [0, 0.05) is 17.2 Å². The summed E-state index contributed by atoms with van der Waals surface area (Å²) in [4.78, 5) is 17.1. The van der Waals surface area contributed by atoms with Crippen LogP contribution in [-0.2, 0) is 0 Å². The number of nitrogens with zero attached hydrogens (tertiary/aromatic N) is 1. The summed E-state index contributed by atoms with van der Waals surface area (Å²) in [5, 5.41) is 3.04. The van der Waals surface area contributed by atoms with Gasteiger partial charge >= 0.3 is 0 Å². The number of carbonyl (C=O) groups excluding carboxylic acids is 1. The first-order chi connectivity index (χ1) is 13.1. The maximum Gasteiger partial charge on any atom is 0.252 e. The first kappa shape index (κ1) is 18.7. The van der Waals surface area contributed by atoms with Crippen molar-refractivity contribution < 1.29 is 13.9 Å². The van der Waals surface area contributed by atoms with Gasteiger partial charge in [-0.05, 0) is 49.7 Å². The van der Waals surface area contributed by atoms with E-state index in [4.69, 9.17) is 9.15 Å². The van der Waals surface area contributed by atoms with Gasteiger partial charge in [0.05, 0.1) is 18.9 Å². The second kappa shape index (κ2) is 8.54. The highest BCUT2D eigenvalue weighted by Gasteiger charge is 2.18. The van der Waals surface area contributed by atoms with E-state index in [0.717, 1.165) is 24.2 Å². The molecule has 27 heavy (non-hydrogen) atoms. The second-order valence-corrected chi connectivity index (χ2v) is 6.47. The lowest BCUT2D eigenvalue weighted by atomic mass is 10.1. The molecule has 0 spiro atoms. The van der Waals surface area contributed by atoms with Gasteiger partial charge in [0.15, 0.2) is 5.76 Å². The molecule has 0 saturated carbocycles. The summed E-state index contributed by atoms with van der Waals surface area (Å²) < 4.78 is 11.1. The SMILES string of the molecule is CCCC(C)NC(=O)c1ccccc1-c1ncc(-c2ccc(OC)cc2)o1. The fourth-order valence-corrected chi connectivity index (χ4v) is 2.96. The van der Waals surface area contributed by atoms with E-state index in [9.17, 15) is 4.79 Å². The molecular formula is C22H24N2O3. The number of methoxy groups -OCH3 is 1. The van der Waals surface area contributed by atoms with Crippen molar-refractivity contribution in [1.29, 1.82) is 0 Å². The lowest BCUT2D eigenvalue weighted by Crippen LogP contribution is -2.32. The van der Waals surface area contributed by atoms with Crippen LogP contribution >= 0.6 is 0 Å². The molecule has 2 aromatic carbocycles. The molecule has 5 nitrogen and oxygen atoms in total. The molecule has 1 aromatic heterocycles. The summed E-state index contributed by atoms with van der Waals surface area (Å²) in [7, 11) is 1.63. The smallest absolute Gasteiger partial charge is 0.252 e. The number of oxazole rings is 1. The topological polar surface area (TPSA) is 64.4 Å². The molecule has 5 heteroatoms. The number of aromatic nitrogens is 1. The zero-order valence-corrected chi connectivity index (χ0v) is 15.9. The molecule has 3 aromatic rings. The van der Waals surface area contributed by atoms with E-state index in [-0.39, 0.29) is 11.9 Å². The summed E-state index contributed by atoms with van der Waals surface area (Å²) in [6.45, 7) is 4.11. The molecule has 0 saturated heterocycles. The highest BCUT2D eigenvalue weighted by molar-refractivity contribution is 6.00. The minimum Gasteiger partial charge on any atom is -0.497 e. The summed E-state index contributed by atoms with van der Waals surface area (Å²) in [6, 6.07) is 15.0. The van der Waals surface area contributed by atoms with E-state index in [2.05, 4.69) is 17.2 Å². The quantitative estimate of drug-likeness (QED) is 0.645. The molecule has 1 heterocycles. The molecule has 0 aliphatic carbocycles. The first-order valence-electron chi connectivity index (χ1n) is 9.13. The fourth-order valence-electron chi connectivity index (χ4n) is 2.96. The van der Waals surface area contributed by atoms with Crippen LogP contribution in [0.2, 0.25) is 0 Å². The number of hydrogen-bond donors (Lipinski definition) is 1. The van der Waals surface area contributed by atoms with Gasteiger partial charge in [-0.25, -0.2) is 4.98 Å². The van der Waals surface area contributed by atoms with Crippen LogP contribution in [0.1, 0.15) is 37.0 Å². The van der Waals surface area contributed by atoms with Crippen LogP contribution in [0.15, 0.2) is 59.1 Å². The molecule has 0 aliphatic rings. The van der Waals surface area contributed by atoms with E-state index in [0.29, 0.717) is 22.8 Å². The summed E-state index contributed by atoms with van der Waals surface area (Å²) >= 11 is 0. The number of amides is 1. The number of benzene rings is 2. The maximum atomic E-state index is 12.7. The molecule has 1 amide bonds. The standard InChI is InChI=1S/C22H24N2O3/c1-4-7-15(2)24-21(25)18-8-5-6-9-19(18)22-23-14-20(27-22)16-10-12-17(26-3)13-11-16/h5-6,8-15H,4,7H2,1-3H3,(H,24,25). The van der Waals surface area contributed by atoms with Gasteiger partial charge in [0.25, 0.3) is 5.91 Å². The van der Waals surface area contributed by atoms with Crippen molar-refractivity contribution in [1.82, 2.24) is 10.3 Å². The Morgan fingerprint density at radius 3 is 2.63 bits per heavy atom. The zero-order valence-electron chi connectivity index (χ0n) is 15.9. The van der Waals surface area contributed by atoms with E-state index >= 15 is 0 Å². The molecule has 1 atom stereocenters. The van der Waals surface area contributed by atoms with Gasteiger partial charge in [-0.15, -0.1) is 0 Å². The van der Waals surface area contributed by atoms with Gasteiger partial charge in [0.2, 0.25) is 5.89 Å². The predicted octanol–water partition coefficient (Wildman–Crippen LogP) is 4.94. The average molecular weight is 364 g/mol. The van der Waals surface area contributed by atoms with Gasteiger partial charge in [-0.2, -0.15) is 0 Å². The van der Waals surface area contributed by atoms with Crippen molar-refractivity contribution in [3.63, 3.8) is 0 Å². The predicted molar refractivity (Wildman–Crippen MR) is 106 cm³/mol. The third-order valence-electron chi connectivity index (χ3n) is 4.38. The lowest BCUT2D eigenvalue weighted by Gasteiger charge is -2.14. The van der Waals surface area contributed by atoms with Crippen LogP contribution in [0.5, 0.6) is 5.75 Å². The molecule has 0 bridgehead atoms. The third-order valence-corrected chi connectivity index (χ3v) is 4.38. The first-order valence-corrected chi connectivity index (χ1v) is 9.13. The monoisotopic (exact) mass is 364 g/mol. The Kier molecular flexibility index (Phi) is 5.91. The molecule has 0 aliphatic heterocycles. The Hall–Kier alpha value is -3.08. The second-order valence-electron chi connectivity index (χ2n) is 6.47. The van der Waals surface area contributed by atoms with Crippen molar-refractivity contribution in [3.8, 4) is 28.5 Å². The minimum absolute atomic E-state index is 0.115. The lowest BCUT2D eigenvalue weighted by molar-refractivity contribution is 0.0938. The van der Waals surface area contributed by atoms with Crippen LogP contribution in [0, 0.1) is 0 Å². The molecular weight excluding hydrogens is 340 g/mol. The normalized spacial score (nSPS) is 11.8. The van der Waals surface area contributed by atoms with Crippen molar-refractivity contribution >= 4 is 5.91 Å². The number of ether oxygens (including phenoxy) is 1.